The number of carboxylic acids is 4. The third kappa shape index (κ3) is 3.06. The van der Waals surface area contributed by atoms with Crippen molar-refractivity contribution in [1.82, 2.24) is 4.98 Å². The summed E-state index contributed by atoms with van der Waals surface area (Å²) in [5, 5.41) is 36.5. The van der Waals surface area contributed by atoms with Crippen LogP contribution in [0, 0.1) is 0 Å². The molecule has 3 aromatic rings. The number of fused-ring (bicyclic) bond motifs is 1. The van der Waals surface area contributed by atoms with Gasteiger partial charge in [-0.05, 0) is 30.3 Å². The maximum absolute atomic E-state index is 11.3. The predicted octanol–water partition coefficient (Wildman–Crippen LogP) is 2.29. The molecule has 1 aromatic heterocycles. The van der Waals surface area contributed by atoms with Gasteiger partial charge in [0.05, 0.1) is 22.3 Å². The third-order valence-corrected chi connectivity index (χ3v) is 3.72. The van der Waals surface area contributed by atoms with Crippen LogP contribution in [0.5, 0.6) is 0 Å². The van der Waals surface area contributed by atoms with Crippen LogP contribution in [0.4, 0.5) is 0 Å². The Balaban J connectivity index is 2.20. The number of aromatic carboxylic acids is 4. The number of hydrogen-bond acceptors (Lipinski definition) is 6. The molecule has 1 heterocycles. The van der Waals surface area contributed by atoms with Crippen molar-refractivity contribution in [3.05, 3.63) is 52.6 Å². The second kappa shape index (κ2) is 6.26. The molecule has 0 saturated heterocycles. The van der Waals surface area contributed by atoms with Crippen molar-refractivity contribution in [1.29, 1.82) is 0 Å². The molecule has 10 nitrogen and oxygen atoms in total. The molecule has 10 heteroatoms. The standard InChI is InChI=1S/C17H9NO9/c19-14(20)7-2-1-6(3-8(7)15(21)22)13-18-11-4-9(16(23)24)10(17(25)26)5-12(11)27-13/h1-5H,(H,19,20)(H,21,22)(H,23,24)(H,25,26). The molecular formula is C17H9NO9. The highest BCUT2D eigenvalue weighted by Gasteiger charge is 2.22. The fourth-order valence-corrected chi connectivity index (χ4v) is 2.49. The minimum absolute atomic E-state index is 0.0217. The van der Waals surface area contributed by atoms with E-state index in [9.17, 15) is 24.3 Å². The van der Waals surface area contributed by atoms with Gasteiger partial charge in [-0.2, -0.15) is 0 Å². The van der Waals surface area contributed by atoms with Gasteiger partial charge in [-0.25, -0.2) is 24.2 Å². The molecule has 0 unspecified atom stereocenters. The Labute approximate surface area is 148 Å². The minimum atomic E-state index is -1.47. The van der Waals surface area contributed by atoms with Crippen LogP contribution in [0.1, 0.15) is 41.4 Å². The molecule has 2 aromatic carbocycles. The largest absolute Gasteiger partial charge is 0.478 e. The maximum atomic E-state index is 11.3. The molecule has 0 atom stereocenters. The fourth-order valence-electron chi connectivity index (χ4n) is 2.49. The molecule has 0 amide bonds. The Morgan fingerprint density at radius 3 is 1.78 bits per heavy atom. The number of hydrogen-bond donors (Lipinski definition) is 4. The van der Waals surface area contributed by atoms with Gasteiger partial charge in [0.2, 0.25) is 5.89 Å². The third-order valence-electron chi connectivity index (χ3n) is 3.72. The van der Waals surface area contributed by atoms with Crippen molar-refractivity contribution in [2.24, 2.45) is 0 Å². The van der Waals surface area contributed by atoms with Gasteiger partial charge in [0, 0.05) is 5.56 Å². The number of carboxylic acid groups (broad SMARTS) is 4. The van der Waals surface area contributed by atoms with Gasteiger partial charge < -0.3 is 24.8 Å². The second-order valence-electron chi connectivity index (χ2n) is 5.37. The fraction of sp³-hybridized carbons (Fsp3) is 0. The van der Waals surface area contributed by atoms with E-state index in [-0.39, 0.29) is 22.6 Å². The summed E-state index contributed by atoms with van der Waals surface area (Å²) in [6.07, 6.45) is 0. The second-order valence-corrected chi connectivity index (χ2v) is 5.37. The Morgan fingerprint density at radius 2 is 1.22 bits per heavy atom. The molecule has 0 aliphatic heterocycles. The smallest absolute Gasteiger partial charge is 0.336 e. The van der Waals surface area contributed by atoms with Gasteiger partial charge in [0.1, 0.15) is 5.52 Å². The molecule has 4 N–H and O–H groups in total. The number of nitrogens with zero attached hydrogens (tertiary/aromatic N) is 1. The van der Waals surface area contributed by atoms with E-state index in [4.69, 9.17) is 19.7 Å². The first-order valence-corrected chi connectivity index (χ1v) is 7.21. The van der Waals surface area contributed by atoms with Gasteiger partial charge in [-0.3, -0.25) is 0 Å². The lowest BCUT2D eigenvalue weighted by Gasteiger charge is -2.03. The summed E-state index contributed by atoms with van der Waals surface area (Å²) in [6.45, 7) is 0. The van der Waals surface area contributed by atoms with Gasteiger partial charge in [0.15, 0.2) is 5.58 Å². The van der Waals surface area contributed by atoms with E-state index in [2.05, 4.69) is 4.98 Å². The molecular weight excluding hydrogens is 362 g/mol. The van der Waals surface area contributed by atoms with Crippen molar-refractivity contribution >= 4 is 35.0 Å². The minimum Gasteiger partial charge on any atom is -0.478 e. The normalized spacial score (nSPS) is 10.7. The van der Waals surface area contributed by atoms with E-state index < -0.39 is 46.1 Å². The monoisotopic (exact) mass is 371 g/mol. The van der Waals surface area contributed by atoms with Crippen LogP contribution < -0.4 is 0 Å². The average molecular weight is 371 g/mol. The number of oxazole rings is 1. The SMILES string of the molecule is O=C(O)c1ccc(-c2nc3cc(C(=O)O)c(C(=O)O)cc3o2)cc1C(=O)O. The van der Waals surface area contributed by atoms with E-state index >= 15 is 0 Å². The lowest BCUT2D eigenvalue weighted by Crippen LogP contribution is -2.08. The van der Waals surface area contributed by atoms with Crippen molar-refractivity contribution in [3.8, 4) is 11.5 Å². The van der Waals surface area contributed by atoms with Gasteiger partial charge in [-0.1, -0.05) is 0 Å². The topological polar surface area (TPSA) is 175 Å². The first-order valence-electron chi connectivity index (χ1n) is 7.21. The quantitative estimate of drug-likeness (QED) is 0.520. The van der Waals surface area contributed by atoms with E-state index in [1.807, 2.05) is 0 Å². The van der Waals surface area contributed by atoms with Crippen LogP contribution >= 0.6 is 0 Å². The highest BCUT2D eigenvalue weighted by atomic mass is 16.4. The summed E-state index contributed by atoms with van der Waals surface area (Å²) in [4.78, 5) is 48.9. The summed E-state index contributed by atoms with van der Waals surface area (Å²) in [7, 11) is 0. The highest BCUT2D eigenvalue weighted by molar-refractivity contribution is 6.05. The molecule has 0 aliphatic rings. The summed E-state index contributed by atoms with van der Waals surface area (Å²) >= 11 is 0. The molecule has 0 radical (unpaired) electrons. The lowest BCUT2D eigenvalue weighted by molar-refractivity contribution is 0.0651. The van der Waals surface area contributed by atoms with E-state index in [1.54, 1.807) is 0 Å². The summed E-state index contributed by atoms with van der Waals surface area (Å²) in [5.74, 6) is -5.94. The molecule has 136 valence electrons. The zero-order valence-corrected chi connectivity index (χ0v) is 13.2. The first kappa shape index (κ1) is 17.6. The Kier molecular flexibility index (Phi) is 4.08. The molecule has 0 saturated carbocycles. The van der Waals surface area contributed by atoms with Crippen LogP contribution in [0.3, 0.4) is 0 Å². The van der Waals surface area contributed by atoms with Gasteiger partial charge in [0.25, 0.3) is 0 Å². The zero-order valence-electron chi connectivity index (χ0n) is 13.2. The molecule has 0 bridgehead atoms. The van der Waals surface area contributed by atoms with E-state index in [0.29, 0.717) is 0 Å². The molecule has 0 aliphatic carbocycles. The zero-order chi connectivity index (χ0) is 19.9. The van der Waals surface area contributed by atoms with E-state index in [1.165, 1.54) is 6.07 Å². The predicted molar refractivity (Wildman–Crippen MR) is 87.3 cm³/mol. The van der Waals surface area contributed by atoms with Gasteiger partial charge in [-0.15, -0.1) is 0 Å². The lowest BCUT2D eigenvalue weighted by atomic mass is 10.0. The molecule has 3 rings (SSSR count). The van der Waals surface area contributed by atoms with Crippen molar-refractivity contribution < 1.29 is 44.0 Å². The van der Waals surface area contributed by atoms with Gasteiger partial charge >= 0.3 is 23.9 Å². The highest BCUT2D eigenvalue weighted by Crippen LogP contribution is 2.28. The summed E-state index contributed by atoms with van der Waals surface area (Å²) in [6, 6.07) is 5.42. The Morgan fingerprint density at radius 1 is 0.704 bits per heavy atom. The van der Waals surface area contributed by atoms with Crippen LogP contribution in [0.25, 0.3) is 22.6 Å². The van der Waals surface area contributed by atoms with Crippen molar-refractivity contribution in [2.45, 2.75) is 0 Å². The van der Waals surface area contributed by atoms with Crippen LogP contribution in [-0.4, -0.2) is 49.3 Å². The molecule has 0 fully saturated rings. The van der Waals surface area contributed by atoms with E-state index in [0.717, 1.165) is 24.3 Å². The Hall–Kier alpha value is -4.21. The number of aromatic nitrogens is 1. The number of rotatable bonds is 5. The first-order chi connectivity index (χ1) is 12.7. The molecule has 27 heavy (non-hydrogen) atoms. The maximum Gasteiger partial charge on any atom is 0.336 e. The van der Waals surface area contributed by atoms with Crippen LogP contribution in [0.15, 0.2) is 34.7 Å². The number of carbonyl (C=O) groups is 4. The van der Waals surface area contributed by atoms with Crippen LogP contribution in [0.2, 0.25) is 0 Å². The number of benzene rings is 2. The van der Waals surface area contributed by atoms with Crippen molar-refractivity contribution in [3.63, 3.8) is 0 Å². The van der Waals surface area contributed by atoms with Crippen molar-refractivity contribution in [2.75, 3.05) is 0 Å². The average Bonchev–Trinajstić information content (AvgIpc) is 3.02. The summed E-state index contributed by atoms with van der Waals surface area (Å²) in [5.41, 5.74) is -1.74. The Bertz CT molecular complexity index is 1090. The van der Waals surface area contributed by atoms with Crippen LogP contribution in [-0.2, 0) is 0 Å². The summed E-state index contributed by atoms with van der Waals surface area (Å²) < 4.78 is 5.41. The molecule has 0 spiro atoms.